The van der Waals surface area contributed by atoms with Crippen molar-refractivity contribution in [3.63, 3.8) is 0 Å². The molecule has 10 nitrogen and oxygen atoms in total. The molecule has 2 rings (SSSR count). The number of benzene rings is 1. The van der Waals surface area contributed by atoms with Crippen molar-refractivity contribution in [1.29, 1.82) is 0 Å². The fourth-order valence-corrected chi connectivity index (χ4v) is 2.62. The number of rotatable bonds is 4. The highest BCUT2D eigenvalue weighted by atomic mass is 32.2. The second kappa shape index (κ2) is 5.53. The van der Waals surface area contributed by atoms with Crippen LogP contribution in [0, 0.1) is 0 Å². The molecule has 0 amide bonds. The molecule has 22 heavy (non-hydrogen) atoms. The Morgan fingerprint density at radius 2 is 1.64 bits per heavy atom. The van der Waals surface area contributed by atoms with Gasteiger partial charge in [0.1, 0.15) is 0 Å². The van der Waals surface area contributed by atoms with Crippen LogP contribution in [0.1, 0.15) is 0 Å². The minimum absolute atomic E-state index is 0.206. The monoisotopic (exact) mass is 352 g/mol. The van der Waals surface area contributed by atoms with Crippen molar-refractivity contribution < 1.29 is 30.3 Å². The summed E-state index contributed by atoms with van der Waals surface area (Å²) < 4.78 is 75.5. The number of hydrogen-bond acceptors (Lipinski definition) is 8. The summed E-state index contributed by atoms with van der Waals surface area (Å²) in [6.07, 6.45) is 2.06. The van der Waals surface area contributed by atoms with Crippen LogP contribution in [0.4, 0.5) is 10.1 Å². The topological polar surface area (TPSA) is 148 Å². The van der Waals surface area contributed by atoms with Crippen LogP contribution in [0.15, 0.2) is 45.1 Å². The van der Waals surface area contributed by atoms with E-state index in [1.807, 2.05) is 0 Å². The Kier molecular flexibility index (Phi) is 4.06. The summed E-state index contributed by atoms with van der Waals surface area (Å²) in [7, 11) is -9.48. The maximum Gasteiger partial charge on any atom is 0.294 e. The van der Waals surface area contributed by atoms with E-state index >= 15 is 0 Å². The lowest BCUT2D eigenvalue weighted by molar-refractivity contribution is 0.239. The molecule has 0 spiro atoms. The van der Waals surface area contributed by atoms with Gasteiger partial charge >= 0.3 is 0 Å². The number of hydrogen-bond donors (Lipinski definition) is 4. The molecule has 0 unspecified atom stereocenters. The molecule has 13 heteroatoms. The summed E-state index contributed by atoms with van der Waals surface area (Å²) in [6, 6.07) is 2.28. The number of hydrazine groups is 2. The van der Waals surface area contributed by atoms with Crippen molar-refractivity contribution in [2.75, 3.05) is 5.43 Å². The molecular weight excluding hydrogens is 343 g/mol. The first-order valence-electron chi connectivity index (χ1n) is 5.39. The fraction of sp³-hybridized carbons (Fsp3) is 0. The van der Waals surface area contributed by atoms with E-state index in [1.165, 1.54) is 0 Å². The molecule has 1 heterocycles. The van der Waals surface area contributed by atoms with Gasteiger partial charge < -0.3 is 0 Å². The van der Waals surface area contributed by atoms with Crippen LogP contribution in [-0.2, 0) is 20.2 Å². The lowest BCUT2D eigenvalue weighted by Crippen LogP contribution is -2.38. The van der Waals surface area contributed by atoms with Gasteiger partial charge in [0.25, 0.3) is 20.2 Å². The van der Waals surface area contributed by atoms with Gasteiger partial charge in [-0.05, 0) is 18.2 Å². The van der Waals surface area contributed by atoms with E-state index in [-0.39, 0.29) is 5.69 Å². The third-order valence-electron chi connectivity index (χ3n) is 2.33. The number of anilines is 1. The van der Waals surface area contributed by atoms with Crippen LogP contribution in [-0.4, -0.2) is 37.4 Å². The molecule has 0 aliphatic carbocycles. The van der Waals surface area contributed by atoms with Gasteiger partial charge in [-0.25, -0.2) is 5.43 Å². The number of halogens is 1. The fourth-order valence-electron chi connectivity index (χ4n) is 1.45. The Balaban J connectivity index is 2.43. The van der Waals surface area contributed by atoms with Gasteiger partial charge in [0.05, 0.1) is 21.7 Å². The highest BCUT2D eigenvalue weighted by molar-refractivity contribution is 7.86. The molecule has 0 radical (unpaired) electrons. The second-order valence-electron chi connectivity index (χ2n) is 3.96. The Bertz CT molecular complexity index is 814. The van der Waals surface area contributed by atoms with Gasteiger partial charge in [0.2, 0.25) is 5.95 Å². The van der Waals surface area contributed by atoms with Crippen molar-refractivity contribution in [1.82, 2.24) is 10.7 Å². The van der Waals surface area contributed by atoms with E-state index in [4.69, 9.17) is 9.11 Å². The maximum absolute atomic E-state index is 13.0. The molecule has 0 bridgehead atoms. The van der Waals surface area contributed by atoms with Crippen LogP contribution in [0.25, 0.3) is 0 Å². The molecule has 1 aliphatic heterocycles. The van der Waals surface area contributed by atoms with Crippen molar-refractivity contribution in [3.05, 3.63) is 30.2 Å². The van der Waals surface area contributed by atoms with E-state index in [1.54, 1.807) is 0 Å². The molecule has 0 aromatic heterocycles. The second-order valence-corrected chi connectivity index (χ2v) is 6.80. The molecule has 0 fully saturated rings. The number of hydrazone groups is 1. The maximum atomic E-state index is 13.0. The summed E-state index contributed by atoms with van der Waals surface area (Å²) in [5.74, 6) is -0.788. The molecule has 0 atom stereocenters. The van der Waals surface area contributed by atoms with Gasteiger partial charge in [0.15, 0.2) is 0 Å². The Morgan fingerprint density at radius 1 is 1.09 bits per heavy atom. The van der Waals surface area contributed by atoms with E-state index < -0.39 is 36.0 Å². The normalized spacial score (nSPS) is 15.2. The standard InChI is InChI=1S/C9H9FN4O6S2/c10-9-1-2-11-14(13-9)12-6-3-7(21(15,16)17)5-8(4-6)22(18,19)20/h1-5,12-13H,(H,15,16,17)(H,18,19,20). The van der Waals surface area contributed by atoms with E-state index in [0.29, 0.717) is 11.3 Å². The van der Waals surface area contributed by atoms with Crippen LogP contribution in [0.5, 0.6) is 0 Å². The molecule has 120 valence electrons. The average molecular weight is 352 g/mol. The first-order chi connectivity index (χ1) is 10.1. The molecule has 0 saturated heterocycles. The predicted molar refractivity (Wildman–Crippen MR) is 72.4 cm³/mol. The molecule has 0 saturated carbocycles. The Labute approximate surface area is 124 Å². The zero-order valence-corrected chi connectivity index (χ0v) is 12.1. The third-order valence-corrected chi connectivity index (χ3v) is 3.99. The van der Waals surface area contributed by atoms with Crippen LogP contribution < -0.4 is 10.9 Å². The van der Waals surface area contributed by atoms with Gasteiger partial charge in [-0.3, -0.25) is 14.5 Å². The highest BCUT2D eigenvalue weighted by Gasteiger charge is 2.19. The quantitative estimate of drug-likeness (QED) is 0.438. The molecule has 1 aliphatic rings. The molecule has 4 N–H and O–H groups in total. The lowest BCUT2D eigenvalue weighted by Gasteiger charge is -2.23. The van der Waals surface area contributed by atoms with Gasteiger partial charge in [-0.1, -0.05) is 0 Å². The first-order valence-corrected chi connectivity index (χ1v) is 8.27. The van der Waals surface area contributed by atoms with E-state index in [2.05, 4.69) is 16.0 Å². The zero-order valence-electron chi connectivity index (χ0n) is 10.5. The average Bonchev–Trinajstić information content (AvgIpc) is 2.36. The van der Waals surface area contributed by atoms with Crippen molar-refractivity contribution in [2.45, 2.75) is 9.79 Å². The summed E-state index contributed by atoms with van der Waals surface area (Å²) in [5, 5.41) is 4.32. The Hall–Kier alpha value is -2.22. The van der Waals surface area contributed by atoms with Gasteiger partial charge in [-0.15, -0.1) is 10.3 Å². The van der Waals surface area contributed by atoms with Crippen molar-refractivity contribution in [2.24, 2.45) is 5.10 Å². The SMILES string of the molecule is O=S(=O)(O)c1cc(NN2N=CC=C(F)N2)cc(S(=O)(=O)O)c1. The van der Waals surface area contributed by atoms with E-state index in [9.17, 15) is 21.2 Å². The minimum atomic E-state index is -4.74. The number of nitrogens with one attached hydrogen (secondary N) is 2. The van der Waals surface area contributed by atoms with Crippen molar-refractivity contribution in [3.8, 4) is 0 Å². The lowest BCUT2D eigenvalue weighted by atomic mass is 10.3. The van der Waals surface area contributed by atoms with Crippen molar-refractivity contribution >= 4 is 32.1 Å². The minimum Gasteiger partial charge on any atom is -0.282 e. The zero-order chi connectivity index (χ0) is 16.5. The summed E-state index contributed by atoms with van der Waals surface area (Å²) in [5.41, 5.74) is 4.20. The highest BCUT2D eigenvalue weighted by Crippen LogP contribution is 2.22. The van der Waals surface area contributed by atoms with Gasteiger partial charge in [-0.2, -0.15) is 21.2 Å². The van der Waals surface area contributed by atoms with Gasteiger partial charge in [0, 0.05) is 6.08 Å². The number of nitrogens with zero attached hydrogens (tertiary/aromatic N) is 2. The van der Waals surface area contributed by atoms with Crippen LogP contribution in [0.2, 0.25) is 0 Å². The number of allylic oxidation sites excluding steroid dienone is 1. The van der Waals surface area contributed by atoms with E-state index in [0.717, 1.165) is 24.4 Å². The van der Waals surface area contributed by atoms with Crippen LogP contribution in [0.3, 0.4) is 0 Å². The Morgan fingerprint density at radius 3 is 2.09 bits per heavy atom. The largest absolute Gasteiger partial charge is 0.294 e. The van der Waals surface area contributed by atoms with Crippen LogP contribution >= 0.6 is 0 Å². The molecule has 1 aromatic rings. The summed E-state index contributed by atoms with van der Waals surface area (Å²) in [4.78, 5) is -1.58. The summed E-state index contributed by atoms with van der Waals surface area (Å²) in [6.45, 7) is 0. The first kappa shape index (κ1) is 16.2. The predicted octanol–water partition coefficient (Wildman–Crippen LogP) is 0.124. The smallest absolute Gasteiger partial charge is 0.282 e. The molecular formula is C9H9FN4O6S2. The molecule has 1 aromatic carbocycles. The summed E-state index contributed by atoms with van der Waals surface area (Å²) >= 11 is 0. The third kappa shape index (κ3) is 3.91.